The Labute approximate surface area is 343 Å². The van der Waals surface area contributed by atoms with Crippen LogP contribution in [0.4, 0.5) is 0 Å². The van der Waals surface area contributed by atoms with Crippen LogP contribution < -0.4 is 10.6 Å². The Morgan fingerprint density at radius 2 is 1.45 bits per heavy atom. The van der Waals surface area contributed by atoms with E-state index in [0.717, 1.165) is 95.2 Å². The van der Waals surface area contributed by atoms with Crippen molar-refractivity contribution < 1.29 is 19.5 Å². The number of aromatic nitrogens is 4. The Morgan fingerprint density at radius 1 is 0.828 bits per heavy atom. The van der Waals surface area contributed by atoms with E-state index in [1.54, 1.807) is 6.92 Å². The van der Waals surface area contributed by atoms with Crippen LogP contribution >= 0.6 is 0 Å². The lowest BCUT2D eigenvalue weighted by molar-refractivity contribution is -0.130. The number of hydrogen-bond acceptors (Lipinski definition) is 7. The van der Waals surface area contributed by atoms with Gasteiger partial charge in [-0.2, -0.15) is 0 Å². The number of aromatic amines is 2. The fourth-order valence-electron chi connectivity index (χ4n) is 8.26. The third-order valence-corrected chi connectivity index (χ3v) is 11.7. The normalized spacial score (nSPS) is 15.4. The first kappa shape index (κ1) is 44.0. The largest absolute Gasteiger partial charge is 0.478 e. The number of rotatable bonds is 18. The van der Waals surface area contributed by atoms with Gasteiger partial charge in [-0.15, -0.1) is 0 Å². The number of carboxylic acid groups (broad SMARTS) is 1. The monoisotopic (exact) mass is 793 g/mol. The molecule has 12 nitrogen and oxygen atoms in total. The molecular weight excluding hydrogens is 729 g/mol. The first-order chi connectivity index (χ1) is 27.6. The van der Waals surface area contributed by atoms with E-state index < -0.39 is 5.97 Å². The van der Waals surface area contributed by atoms with Crippen molar-refractivity contribution in [2.45, 2.75) is 97.8 Å². The highest BCUT2D eigenvalue weighted by atomic mass is 16.4. The molecule has 0 saturated heterocycles. The summed E-state index contributed by atoms with van der Waals surface area (Å²) in [6, 6.07) is 6.07. The van der Waals surface area contributed by atoms with Crippen LogP contribution in [0.25, 0.3) is 39.3 Å². The Balaban J connectivity index is 1.75. The topological polar surface area (TPSA) is 159 Å². The smallest absolute Gasteiger partial charge is 0.338 e. The molecule has 5 heterocycles. The molecule has 2 unspecified atom stereocenters. The second-order valence-corrected chi connectivity index (χ2v) is 16.4. The minimum absolute atomic E-state index is 0.0437. The summed E-state index contributed by atoms with van der Waals surface area (Å²) in [6.45, 7) is 17.2. The first-order valence-electron chi connectivity index (χ1n) is 20.8. The van der Waals surface area contributed by atoms with Crippen LogP contribution in [0, 0.1) is 13.8 Å². The Bertz CT molecular complexity index is 2230. The molecule has 8 bridgehead atoms. The van der Waals surface area contributed by atoms with E-state index in [0.29, 0.717) is 42.0 Å². The highest BCUT2D eigenvalue weighted by molar-refractivity contribution is 6.24. The van der Waals surface area contributed by atoms with Gasteiger partial charge in [-0.3, -0.25) is 14.6 Å². The summed E-state index contributed by atoms with van der Waals surface area (Å²) in [4.78, 5) is 62.3. The third kappa shape index (κ3) is 10.1. The molecule has 0 spiro atoms. The number of allylic oxidation sites excluding steroid dienone is 1. The summed E-state index contributed by atoms with van der Waals surface area (Å²) in [5, 5.41) is 17.0. The van der Waals surface area contributed by atoms with Crippen molar-refractivity contribution in [1.29, 1.82) is 0 Å². The maximum absolute atomic E-state index is 13.9. The Hall–Kier alpha value is -5.07. The zero-order chi connectivity index (χ0) is 42.3. The number of carboxylic acids is 1. The van der Waals surface area contributed by atoms with E-state index in [1.165, 1.54) is 0 Å². The van der Waals surface area contributed by atoms with Gasteiger partial charge in [-0.05, 0) is 141 Å². The molecular formula is C46H64N8O4. The molecule has 3 aromatic heterocycles. The van der Waals surface area contributed by atoms with Gasteiger partial charge in [0.1, 0.15) is 0 Å². The van der Waals surface area contributed by atoms with E-state index in [2.05, 4.69) is 76.8 Å². The molecule has 5 N–H and O–H groups in total. The molecule has 2 atom stereocenters. The van der Waals surface area contributed by atoms with Gasteiger partial charge < -0.3 is 35.5 Å². The average Bonchev–Trinajstić information content (AvgIpc) is 3.85. The molecule has 2 aliphatic heterocycles. The van der Waals surface area contributed by atoms with Crippen LogP contribution in [-0.2, 0) is 27.2 Å². The molecule has 3 aromatic rings. The van der Waals surface area contributed by atoms with Crippen LogP contribution in [0.5, 0.6) is 0 Å². The van der Waals surface area contributed by atoms with Gasteiger partial charge in [0.05, 0.1) is 29.1 Å². The maximum Gasteiger partial charge on any atom is 0.338 e. The molecule has 0 radical (unpaired) electrons. The van der Waals surface area contributed by atoms with Crippen LogP contribution in [-0.4, -0.2) is 107 Å². The highest BCUT2D eigenvalue weighted by Gasteiger charge is 2.35. The van der Waals surface area contributed by atoms with Crippen molar-refractivity contribution in [3.05, 3.63) is 75.4 Å². The number of aryl methyl sites for hydroxylation is 3. The summed E-state index contributed by atoms with van der Waals surface area (Å²) in [5.74, 6) is -1.83. The second-order valence-electron chi connectivity index (χ2n) is 16.4. The number of nitrogens with zero attached hydrogens (tertiary/aromatic N) is 4. The van der Waals surface area contributed by atoms with Crippen LogP contribution in [0.1, 0.15) is 122 Å². The second kappa shape index (κ2) is 19.6. The van der Waals surface area contributed by atoms with E-state index in [4.69, 9.17) is 9.97 Å². The molecule has 5 rings (SSSR count). The van der Waals surface area contributed by atoms with E-state index in [-0.39, 0.29) is 47.8 Å². The van der Waals surface area contributed by atoms with Crippen LogP contribution in [0.3, 0.4) is 0 Å². The summed E-state index contributed by atoms with van der Waals surface area (Å²) in [5.41, 5.74) is 11.0. The lowest BCUT2D eigenvalue weighted by atomic mass is 9.84. The lowest BCUT2D eigenvalue weighted by Crippen LogP contribution is -2.28. The molecule has 312 valence electrons. The highest BCUT2D eigenvalue weighted by Crippen LogP contribution is 2.43. The fraction of sp³-hybridized carbons (Fsp3) is 0.500. The predicted octanol–water partition coefficient (Wildman–Crippen LogP) is 7.28. The number of carbonyl (C=O) groups excluding carboxylic acids is 2. The number of hydrogen-bond donors (Lipinski definition) is 5. The third-order valence-electron chi connectivity index (χ3n) is 11.7. The number of aliphatic carboxylic acids is 1. The van der Waals surface area contributed by atoms with Crippen molar-refractivity contribution in [2.75, 3.05) is 54.4 Å². The first-order valence-corrected chi connectivity index (χ1v) is 20.8. The van der Waals surface area contributed by atoms with E-state index in [9.17, 15) is 19.5 Å². The SMILES string of the molecule is C=Cc1c(C)c2cc3nc(c(CC(=O)NCCCCN(C)C)c4nc(cc5[nH]c(cc1[nH]2)c(C)c5CC)C(C)=C4C(=O)O)C(CCC(=O)NCCCCN(C)C)C3C. The van der Waals surface area contributed by atoms with Gasteiger partial charge in [0.25, 0.3) is 0 Å². The minimum Gasteiger partial charge on any atom is -0.478 e. The molecule has 2 aliphatic rings. The minimum atomic E-state index is -1.12. The number of H-pyrrole nitrogens is 2. The number of nitrogens with one attached hydrogen (secondary N) is 4. The van der Waals surface area contributed by atoms with Crippen LogP contribution in [0.2, 0.25) is 0 Å². The summed E-state index contributed by atoms with van der Waals surface area (Å²) in [7, 11) is 8.13. The molecule has 58 heavy (non-hydrogen) atoms. The van der Waals surface area contributed by atoms with Crippen molar-refractivity contribution in [3.63, 3.8) is 0 Å². The molecule has 0 saturated carbocycles. The molecule has 0 fully saturated rings. The summed E-state index contributed by atoms with van der Waals surface area (Å²) in [6.07, 6.45) is 6.84. The number of amides is 2. The van der Waals surface area contributed by atoms with Gasteiger partial charge in [0.2, 0.25) is 11.8 Å². The van der Waals surface area contributed by atoms with Gasteiger partial charge >= 0.3 is 5.97 Å². The average molecular weight is 793 g/mol. The van der Waals surface area contributed by atoms with Gasteiger partial charge in [-0.1, -0.05) is 26.5 Å². The van der Waals surface area contributed by atoms with E-state index in [1.807, 2.05) is 40.3 Å². The van der Waals surface area contributed by atoms with Gasteiger partial charge in [0, 0.05) is 70.2 Å². The predicted molar refractivity (Wildman–Crippen MR) is 236 cm³/mol. The standard InChI is InChI=1S/C46H64N8O4/c1-11-31-27(3)35-24-37-29(5)33(17-18-41(55)47-19-13-15-21-53(7)8)44(51-37)34(23-42(56)48-20-14-16-22-54(9)10)45-43(46(57)58)30(6)38(52-45)26-40-32(12-2)28(4)36(50-40)25-39(31)49-35/h11,24-26,29,33,49-50H,1,12-23H2,2-10H3,(H,47,55)(H,48,56)(H,57,58). The fourth-order valence-corrected chi connectivity index (χ4v) is 8.26. The lowest BCUT2D eigenvalue weighted by Gasteiger charge is -2.19. The van der Waals surface area contributed by atoms with Crippen molar-refractivity contribution >= 4 is 57.1 Å². The molecule has 0 aromatic carbocycles. The number of carbonyl (C=O) groups is 3. The summed E-state index contributed by atoms with van der Waals surface area (Å²) < 4.78 is 0. The molecule has 12 heteroatoms. The van der Waals surface area contributed by atoms with Gasteiger partial charge in [-0.25, -0.2) is 9.78 Å². The van der Waals surface area contributed by atoms with E-state index >= 15 is 0 Å². The Morgan fingerprint density at radius 3 is 2.05 bits per heavy atom. The number of fused-ring (bicyclic) bond motifs is 8. The van der Waals surface area contributed by atoms with Gasteiger partial charge in [0.15, 0.2) is 0 Å². The van der Waals surface area contributed by atoms with Crippen LogP contribution in [0.15, 0.2) is 24.8 Å². The Kier molecular flexibility index (Phi) is 14.9. The van der Waals surface area contributed by atoms with Crippen molar-refractivity contribution in [1.82, 2.24) is 40.4 Å². The zero-order valence-electron chi connectivity index (χ0n) is 36.1. The summed E-state index contributed by atoms with van der Waals surface area (Å²) >= 11 is 0. The maximum atomic E-state index is 13.9. The molecule has 2 amide bonds. The van der Waals surface area contributed by atoms with Crippen molar-refractivity contribution in [2.24, 2.45) is 0 Å². The molecule has 0 aliphatic carbocycles. The zero-order valence-corrected chi connectivity index (χ0v) is 36.1. The van der Waals surface area contributed by atoms with Crippen molar-refractivity contribution in [3.8, 4) is 0 Å². The quantitative estimate of drug-likeness (QED) is 0.0841. The number of unbranched alkanes of at least 4 members (excludes halogenated alkanes) is 2.